The molecule has 0 bridgehead atoms. The van der Waals surface area contributed by atoms with E-state index in [2.05, 4.69) is 23.9 Å². The van der Waals surface area contributed by atoms with Gasteiger partial charge in [0.15, 0.2) is 0 Å². The van der Waals surface area contributed by atoms with Crippen LogP contribution in [0.5, 0.6) is 0 Å². The van der Waals surface area contributed by atoms with Crippen LogP contribution in [0.4, 0.5) is 0 Å². The van der Waals surface area contributed by atoms with Crippen molar-refractivity contribution in [3.63, 3.8) is 0 Å². The van der Waals surface area contributed by atoms with E-state index in [1.807, 2.05) is 0 Å². The van der Waals surface area contributed by atoms with Crippen LogP contribution in [0, 0.1) is 0 Å². The van der Waals surface area contributed by atoms with E-state index >= 15 is 0 Å². The molecule has 2 aliphatic rings. The topological polar surface area (TPSA) is 6.48 Å². The van der Waals surface area contributed by atoms with Gasteiger partial charge in [-0.3, -0.25) is 4.90 Å². The third-order valence-corrected chi connectivity index (χ3v) is 3.59. The van der Waals surface area contributed by atoms with Crippen molar-refractivity contribution in [3.8, 4) is 0 Å². The van der Waals surface area contributed by atoms with Gasteiger partial charge in [-0.25, -0.2) is 0 Å². The van der Waals surface area contributed by atoms with Gasteiger partial charge in [-0.15, -0.1) is 0 Å². The molecule has 2 nitrogen and oxygen atoms in total. The summed E-state index contributed by atoms with van der Waals surface area (Å²) in [6, 6.07) is 1.77. The first kappa shape index (κ1) is 8.52. The van der Waals surface area contributed by atoms with Crippen molar-refractivity contribution in [2.45, 2.75) is 37.8 Å². The van der Waals surface area contributed by atoms with Crippen LogP contribution in [0.3, 0.4) is 0 Å². The lowest BCUT2D eigenvalue weighted by atomic mass is 9.91. The quantitative estimate of drug-likeness (QED) is 0.611. The molecule has 0 aromatic heterocycles. The Labute approximate surface area is 75.5 Å². The zero-order chi connectivity index (χ0) is 8.55. The fourth-order valence-electron chi connectivity index (χ4n) is 2.34. The first-order valence-electron chi connectivity index (χ1n) is 5.18. The van der Waals surface area contributed by atoms with Gasteiger partial charge in [0.2, 0.25) is 0 Å². The number of nitrogens with zero attached hydrogens (tertiary/aromatic N) is 2. The highest BCUT2D eigenvalue weighted by atomic mass is 15.2. The van der Waals surface area contributed by atoms with Crippen LogP contribution in [-0.4, -0.2) is 49.1 Å². The lowest BCUT2D eigenvalue weighted by Gasteiger charge is -2.38. The van der Waals surface area contributed by atoms with Gasteiger partial charge in [-0.1, -0.05) is 6.42 Å². The summed E-state index contributed by atoms with van der Waals surface area (Å²) in [5, 5.41) is 0. The van der Waals surface area contributed by atoms with Gasteiger partial charge in [0.25, 0.3) is 0 Å². The van der Waals surface area contributed by atoms with Gasteiger partial charge in [-0.2, -0.15) is 0 Å². The maximum absolute atomic E-state index is 2.62. The minimum Gasteiger partial charge on any atom is -0.305 e. The molecule has 12 heavy (non-hydrogen) atoms. The van der Waals surface area contributed by atoms with Gasteiger partial charge in [0, 0.05) is 18.6 Å². The predicted molar refractivity (Wildman–Crippen MR) is 51.3 cm³/mol. The number of hydrogen-bond donors (Lipinski definition) is 0. The lowest BCUT2D eigenvalue weighted by Crippen LogP contribution is -2.44. The highest BCUT2D eigenvalue weighted by Gasteiger charge is 2.30. The Bertz CT molecular complexity index is 154. The molecular weight excluding hydrogens is 148 g/mol. The maximum atomic E-state index is 2.62. The monoisotopic (exact) mass is 168 g/mol. The highest BCUT2D eigenvalue weighted by Crippen LogP contribution is 2.27. The highest BCUT2D eigenvalue weighted by molar-refractivity contribution is 4.87. The Balaban J connectivity index is 1.83. The molecule has 1 heterocycles. The Hall–Kier alpha value is -0.0800. The van der Waals surface area contributed by atoms with Crippen molar-refractivity contribution in [1.29, 1.82) is 0 Å². The van der Waals surface area contributed by atoms with E-state index in [-0.39, 0.29) is 0 Å². The Kier molecular flexibility index (Phi) is 2.37. The molecule has 2 heteroatoms. The summed E-state index contributed by atoms with van der Waals surface area (Å²) in [6.07, 6.45) is 5.72. The van der Waals surface area contributed by atoms with Crippen LogP contribution < -0.4 is 0 Å². The van der Waals surface area contributed by atoms with Crippen molar-refractivity contribution in [3.05, 3.63) is 0 Å². The Morgan fingerprint density at radius 2 is 1.92 bits per heavy atom. The molecule has 70 valence electrons. The normalized spacial score (nSPS) is 32.8. The van der Waals surface area contributed by atoms with E-state index in [9.17, 15) is 0 Å². The van der Waals surface area contributed by atoms with Crippen molar-refractivity contribution in [2.24, 2.45) is 0 Å². The second-order valence-electron chi connectivity index (χ2n) is 4.45. The maximum Gasteiger partial charge on any atom is 0.0235 e. The van der Waals surface area contributed by atoms with Crippen LogP contribution in [0.15, 0.2) is 0 Å². The molecule has 2 fully saturated rings. The van der Waals surface area contributed by atoms with Crippen molar-refractivity contribution in [2.75, 3.05) is 27.2 Å². The van der Waals surface area contributed by atoms with Gasteiger partial charge < -0.3 is 4.90 Å². The summed E-state index contributed by atoms with van der Waals surface area (Å²) in [5.41, 5.74) is 0. The third kappa shape index (κ3) is 1.50. The number of likely N-dealkylation sites (tertiary alicyclic amines) is 1. The van der Waals surface area contributed by atoms with E-state index in [1.54, 1.807) is 0 Å². The smallest absolute Gasteiger partial charge is 0.0235 e. The van der Waals surface area contributed by atoms with Crippen LogP contribution in [0.1, 0.15) is 25.7 Å². The first-order valence-corrected chi connectivity index (χ1v) is 5.18. The summed E-state index contributed by atoms with van der Waals surface area (Å²) in [6.45, 7) is 2.58. The fraction of sp³-hybridized carbons (Fsp3) is 1.00. The zero-order valence-corrected chi connectivity index (χ0v) is 8.29. The molecule has 0 aromatic rings. The van der Waals surface area contributed by atoms with E-state index in [0.29, 0.717) is 0 Å². The summed E-state index contributed by atoms with van der Waals surface area (Å²) >= 11 is 0. The average Bonchev–Trinajstić information content (AvgIpc) is 2.31. The number of likely N-dealkylation sites (N-methyl/N-ethyl adjacent to an activating group) is 2. The molecule has 0 amide bonds. The molecular formula is C10H20N2. The molecule has 0 spiro atoms. The van der Waals surface area contributed by atoms with E-state index < -0.39 is 0 Å². The van der Waals surface area contributed by atoms with E-state index in [1.165, 1.54) is 38.8 Å². The minimum absolute atomic E-state index is 0.847. The standard InChI is InChI=1S/C10H20N2/c1-11-7-6-10(8-11)12(2)9-4-3-5-9/h9-10H,3-8H2,1-2H3/t10-/m1/s1. The fourth-order valence-corrected chi connectivity index (χ4v) is 2.34. The van der Waals surface area contributed by atoms with E-state index in [4.69, 9.17) is 0 Å². The molecule has 0 N–H and O–H groups in total. The Morgan fingerprint density at radius 1 is 1.17 bits per heavy atom. The van der Waals surface area contributed by atoms with Gasteiger partial charge in [-0.05, 0) is 39.9 Å². The molecule has 1 saturated heterocycles. The largest absolute Gasteiger partial charge is 0.305 e. The lowest BCUT2D eigenvalue weighted by molar-refractivity contribution is 0.113. The summed E-state index contributed by atoms with van der Waals surface area (Å²) in [5.74, 6) is 0. The second-order valence-corrected chi connectivity index (χ2v) is 4.45. The van der Waals surface area contributed by atoms with Crippen molar-refractivity contribution < 1.29 is 0 Å². The average molecular weight is 168 g/mol. The van der Waals surface area contributed by atoms with Gasteiger partial charge in [0.1, 0.15) is 0 Å². The zero-order valence-electron chi connectivity index (χ0n) is 8.29. The third-order valence-electron chi connectivity index (χ3n) is 3.59. The molecule has 0 aromatic carbocycles. The number of hydrogen-bond acceptors (Lipinski definition) is 2. The van der Waals surface area contributed by atoms with Gasteiger partial charge in [0.05, 0.1) is 0 Å². The number of rotatable bonds is 2. The van der Waals surface area contributed by atoms with Crippen LogP contribution in [-0.2, 0) is 0 Å². The van der Waals surface area contributed by atoms with Crippen LogP contribution in [0.2, 0.25) is 0 Å². The van der Waals surface area contributed by atoms with Gasteiger partial charge >= 0.3 is 0 Å². The van der Waals surface area contributed by atoms with Crippen LogP contribution in [0.25, 0.3) is 0 Å². The molecule has 1 aliphatic carbocycles. The van der Waals surface area contributed by atoms with Crippen molar-refractivity contribution >= 4 is 0 Å². The van der Waals surface area contributed by atoms with E-state index in [0.717, 1.165) is 12.1 Å². The Morgan fingerprint density at radius 3 is 2.33 bits per heavy atom. The summed E-state index contributed by atoms with van der Waals surface area (Å²) in [7, 11) is 4.54. The molecule has 1 aliphatic heterocycles. The second kappa shape index (κ2) is 3.35. The van der Waals surface area contributed by atoms with Crippen LogP contribution >= 0.6 is 0 Å². The molecule has 0 radical (unpaired) electrons. The molecule has 2 rings (SSSR count). The molecule has 1 saturated carbocycles. The van der Waals surface area contributed by atoms with Crippen molar-refractivity contribution in [1.82, 2.24) is 9.80 Å². The minimum atomic E-state index is 0.847. The molecule has 0 unspecified atom stereocenters. The molecule has 1 atom stereocenters. The first-order chi connectivity index (χ1) is 5.77. The SMILES string of the molecule is CN1CC[C@@H](N(C)C2CCC2)C1. The predicted octanol–water partition coefficient (Wildman–Crippen LogP) is 1.17. The summed E-state index contributed by atoms with van der Waals surface area (Å²) in [4.78, 5) is 5.06. The summed E-state index contributed by atoms with van der Waals surface area (Å²) < 4.78 is 0.